The van der Waals surface area contributed by atoms with Gasteiger partial charge in [0.25, 0.3) is 0 Å². The quantitative estimate of drug-likeness (QED) is 0.755. The third-order valence-corrected chi connectivity index (χ3v) is 3.12. The maximum atomic E-state index is 12.8. The molecule has 0 spiro atoms. The average molecular weight is 318 g/mol. The molecule has 1 amide bonds. The van der Waals surface area contributed by atoms with Gasteiger partial charge in [0.1, 0.15) is 5.82 Å². The first-order chi connectivity index (χ1) is 8.58. The van der Waals surface area contributed by atoms with Gasteiger partial charge in [-0.05, 0) is 24.6 Å². The molecular formula is C13H17BrFNO2. The van der Waals surface area contributed by atoms with Crippen molar-refractivity contribution in [2.45, 2.75) is 19.5 Å². The molecule has 18 heavy (non-hydrogen) atoms. The van der Waals surface area contributed by atoms with E-state index in [1.54, 1.807) is 24.1 Å². The molecule has 1 rings (SSSR count). The first-order valence-electron chi connectivity index (χ1n) is 5.67. The fourth-order valence-electron chi connectivity index (χ4n) is 1.68. The lowest BCUT2D eigenvalue weighted by Gasteiger charge is -2.28. The maximum Gasteiger partial charge on any atom is 0.233 e. The standard InChI is InChI=1S/C13H17BrFNO2/c1-10(9-18-2)16(13(17)7-14)8-11-3-5-12(15)6-4-11/h3-6,10H,7-9H2,1-2H3/t10-/m0/s1. The SMILES string of the molecule is COC[C@H](C)N(Cc1ccc(F)cc1)C(=O)CBr. The molecule has 0 radical (unpaired) electrons. The number of nitrogens with zero attached hydrogens (tertiary/aromatic N) is 1. The molecule has 5 heteroatoms. The summed E-state index contributed by atoms with van der Waals surface area (Å²) in [4.78, 5) is 13.6. The predicted molar refractivity (Wildman–Crippen MR) is 72.1 cm³/mol. The van der Waals surface area contributed by atoms with E-state index in [1.807, 2.05) is 6.92 Å². The van der Waals surface area contributed by atoms with E-state index in [4.69, 9.17) is 4.74 Å². The summed E-state index contributed by atoms with van der Waals surface area (Å²) < 4.78 is 17.9. The maximum absolute atomic E-state index is 12.8. The smallest absolute Gasteiger partial charge is 0.233 e. The van der Waals surface area contributed by atoms with Gasteiger partial charge in [0.15, 0.2) is 0 Å². The number of halogens is 2. The molecule has 1 aromatic rings. The summed E-state index contributed by atoms with van der Waals surface area (Å²) in [5, 5.41) is 0.266. The molecule has 0 N–H and O–H groups in total. The average Bonchev–Trinajstić information content (AvgIpc) is 2.37. The molecule has 0 aliphatic heterocycles. The summed E-state index contributed by atoms with van der Waals surface area (Å²) in [5.41, 5.74) is 0.897. The van der Waals surface area contributed by atoms with Gasteiger partial charge in [-0.3, -0.25) is 4.79 Å². The van der Waals surface area contributed by atoms with Crippen LogP contribution in [0.25, 0.3) is 0 Å². The zero-order valence-corrected chi connectivity index (χ0v) is 12.1. The number of methoxy groups -OCH3 is 1. The van der Waals surface area contributed by atoms with Crippen LogP contribution >= 0.6 is 15.9 Å². The Hall–Kier alpha value is -0.940. The Kier molecular flexibility index (Phi) is 6.29. The molecule has 1 aromatic carbocycles. The summed E-state index contributed by atoms with van der Waals surface area (Å²) in [6, 6.07) is 6.14. The minimum absolute atomic E-state index is 0.0103. The summed E-state index contributed by atoms with van der Waals surface area (Å²) in [7, 11) is 1.60. The Morgan fingerprint density at radius 2 is 2.06 bits per heavy atom. The van der Waals surface area contributed by atoms with Gasteiger partial charge in [0.05, 0.1) is 18.0 Å². The van der Waals surface area contributed by atoms with Crippen molar-refractivity contribution in [1.29, 1.82) is 0 Å². The van der Waals surface area contributed by atoms with Crippen LogP contribution in [0.4, 0.5) is 4.39 Å². The van der Waals surface area contributed by atoms with Gasteiger partial charge in [-0.1, -0.05) is 28.1 Å². The van der Waals surface area contributed by atoms with Gasteiger partial charge in [-0.25, -0.2) is 4.39 Å². The minimum atomic E-state index is -0.276. The highest BCUT2D eigenvalue weighted by Crippen LogP contribution is 2.11. The Labute approximate surface area is 115 Å². The summed E-state index contributed by atoms with van der Waals surface area (Å²) in [6.45, 7) is 2.85. The van der Waals surface area contributed by atoms with E-state index in [2.05, 4.69) is 15.9 Å². The van der Waals surface area contributed by atoms with Crippen LogP contribution in [0.1, 0.15) is 12.5 Å². The van der Waals surface area contributed by atoms with E-state index in [0.29, 0.717) is 13.2 Å². The number of hydrogen-bond donors (Lipinski definition) is 0. The summed E-state index contributed by atoms with van der Waals surface area (Å²) in [5.74, 6) is -0.286. The van der Waals surface area contributed by atoms with Crippen molar-refractivity contribution in [3.63, 3.8) is 0 Å². The molecule has 100 valence electrons. The normalized spacial score (nSPS) is 12.2. The summed E-state index contributed by atoms with van der Waals surface area (Å²) in [6.07, 6.45) is 0. The van der Waals surface area contributed by atoms with Crippen LogP contribution in [0.3, 0.4) is 0 Å². The molecule has 0 heterocycles. The van der Waals surface area contributed by atoms with Gasteiger partial charge in [0, 0.05) is 13.7 Å². The first kappa shape index (κ1) is 15.1. The molecule has 0 unspecified atom stereocenters. The Bertz CT molecular complexity index is 383. The molecule has 0 bridgehead atoms. The molecule has 0 aliphatic carbocycles. The van der Waals surface area contributed by atoms with Crippen LogP contribution in [0.5, 0.6) is 0 Å². The van der Waals surface area contributed by atoms with E-state index in [0.717, 1.165) is 5.56 Å². The van der Waals surface area contributed by atoms with Crippen LogP contribution in [0.15, 0.2) is 24.3 Å². The second-order valence-corrected chi connectivity index (χ2v) is 4.65. The number of alkyl halides is 1. The Balaban J connectivity index is 2.77. The third kappa shape index (κ3) is 4.38. The predicted octanol–water partition coefficient (Wildman–Crippen LogP) is 2.58. The van der Waals surface area contributed by atoms with Gasteiger partial charge < -0.3 is 9.64 Å². The fourth-order valence-corrected chi connectivity index (χ4v) is 2.01. The molecule has 0 saturated carbocycles. The summed E-state index contributed by atoms with van der Waals surface area (Å²) >= 11 is 3.17. The van der Waals surface area contributed by atoms with Crippen LogP contribution in [0, 0.1) is 5.82 Å². The lowest BCUT2D eigenvalue weighted by molar-refractivity contribution is -0.132. The fraction of sp³-hybridized carbons (Fsp3) is 0.462. The largest absolute Gasteiger partial charge is 0.383 e. The number of carbonyl (C=O) groups is 1. The number of rotatable bonds is 6. The van der Waals surface area contributed by atoms with Crippen LogP contribution in [0.2, 0.25) is 0 Å². The Morgan fingerprint density at radius 3 is 2.56 bits per heavy atom. The lowest BCUT2D eigenvalue weighted by Crippen LogP contribution is -2.41. The van der Waals surface area contributed by atoms with Crippen molar-refractivity contribution >= 4 is 21.8 Å². The highest BCUT2D eigenvalue weighted by Gasteiger charge is 2.19. The number of hydrogen-bond acceptors (Lipinski definition) is 2. The van der Waals surface area contributed by atoms with Crippen molar-refractivity contribution in [1.82, 2.24) is 4.90 Å². The molecule has 0 saturated heterocycles. The first-order valence-corrected chi connectivity index (χ1v) is 6.79. The van der Waals surface area contributed by atoms with E-state index in [9.17, 15) is 9.18 Å². The lowest BCUT2D eigenvalue weighted by atomic mass is 10.2. The number of benzene rings is 1. The monoisotopic (exact) mass is 317 g/mol. The molecule has 0 aromatic heterocycles. The van der Waals surface area contributed by atoms with Gasteiger partial charge in [-0.2, -0.15) is 0 Å². The molecule has 0 fully saturated rings. The van der Waals surface area contributed by atoms with Crippen molar-refractivity contribution < 1.29 is 13.9 Å². The Morgan fingerprint density at radius 1 is 1.44 bits per heavy atom. The van der Waals surface area contributed by atoms with Crippen LogP contribution < -0.4 is 0 Å². The number of amides is 1. The highest BCUT2D eigenvalue weighted by molar-refractivity contribution is 9.09. The van der Waals surface area contributed by atoms with Gasteiger partial charge in [0.2, 0.25) is 5.91 Å². The van der Waals surface area contributed by atoms with E-state index >= 15 is 0 Å². The third-order valence-electron chi connectivity index (χ3n) is 2.64. The van der Waals surface area contributed by atoms with E-state index in [-0.39, 0.29) is 23.1 Å². The molecular weight excluding hydrogens is 301 g/mol. The van der Waals surface area contributed by atoms with Crippen molar-refractivity contribution in [2.75, 3.05) is 19.0 Å². The zero-order valence-electron chi connectivity index (χ0n) is 10.5. The van der Waals surface area contributed by atoms with Gasteiger partial charge >= 0.3 is 0 Å². The van der Waals surface area contributed by atoms with Crippen molar-refractivity contribution in [3.8, 4) is 0 Å². The second kappa shape index (κ2) is 7.48. The zero-order chi connectivity index (χ0) is 13.5. The van der Waals surface area contributed by atoms with E-state index in [1.165, 1.54) is 12.1 Å². The van der Waals surface area contributed by atoms with Crippen molar-refractivity contribution in [2.24, 2.45) is 0 Å². The molecule has 0 aliphatic rings. The highest BCUT2D eigenvalue weighted by atomic mass is 79.9. The minimum Gasteiger partial charge on any atom is -0.383 e. The van der Waals surface area contributed by atoms with E-state index < -0.39 is 0 Å². The number of ether oxygens (including phenoxy) is 1. The number of carbonyl (C=O) groups excluding carboxylic acids is 1. The second-order valence-electron chi connectivity index (χ2n) is 4.09. The van der Waals surface area contributed by atoms with Crippen LogP contribution in [-0.2, 0) is 16.1 Å². The molecule has 3 nitrogen and oxygen atoms in total. The topological polar surface area (TPSA) is 29.5 Å². The van der Waals surface area contributed by atoms with Crippen LogP contribution in [-0.4, -0.2) is 35.9 Å². The molecule has 1 atom stereocenters. The van der Waals surface area contributed by atoms with Gasteiger partial charge in [-0.15, -0.1) is 0 Å². The van der Waals surface area contributed by atoms with Crippen molar-refractivity contribution in [3.05, 3.63) is 35.6 Å².